The molecule has 1 saturated carbocycles. The Morgan fingerprint density at radius 2 is 1.23 bits per heavy atom. The maximum Gasteiger partial charge on any atom is 0.121 e. The molecule has 1 radical (unpaired) electrons. The number of pyridine rings is 1. The summed E-state index contributed by atoms with van der Waals surface area (Å²) in [4.78, 5) is 9.51. The molecule has 4 nitrogen and oxygen atoms in total. The van der Waals surface area contributed by atoms with Crippen molar-refractivity contribution in [3.63, 3.8) is 0 Å². The topological polar surface area (TPSA) is 43.9 Å². The van der Waals surface area contributed by atoms with Gasteiger partial charge in [-0.3, -0.25) is 4.98 Å². The van der Waals surface area contributed by atoms with Gasteiger partial charge in [0, 0.05) is 41.5 Å². The average molecular weight is 1130 g/mol. The minimum absolute atomic E-state index is 0. The Bertz CT molecular complexity index is 3730. The molecule has 11 aromatic rings. The van der Waals surface area contributed by atoms with Gasteiger partial charge >= 0.3 is 0 Å². The van der Waals surface area contributed by atoms with E-state index >= 15 is 0 Å². The van der Waals surface area contributed by atoms with Crippen LogP contribution < -0.4 is 0 Å². The van der Waals surface area contributed by atoms with Crippen molar-refractivity contribution in [1.29, 1.82) is 0 Å². The molecule has 0 spiro atoms. The maximum atomic E-state index is 9.69. The fraction of sp³-hybridized carbons (Fsp3) is 0.206. The number of hydrogen-bond donors (Lipinski definition) is 0. The van der Waals surface area contributed by atoms with Crippen LogP contribution in [0.5, 0.6) is 0 Å². The third-order valence-electron chi connectivity index (χ3n) is 14.4. The average Bonchev–Trinajstić information content (AvgIpc) is 4.01. The smallest absolute Gasteiger partial charge is 0.121 e. The van der Waals surface area contributed by atoms with E-state index in [1.165, 1.54) is 0 Å². The molecule has 0 unspecified atom stereocenters. The fourth-order valence-corrected chi connectivity index (χ4v) is 10.3. The summed E-state index contributed by atoms with van der Waals surface area (Å²) in [5.41, 5.74) is 16.1. The molecule has 12 rings (SSSR count). The van der Waals surface area contributed by atoms with Gasteiger partial charge in [-0.05, 0) is 141 Å². The Morgan fingerprint density at radius 3 is 1.89 bits per heavy atom. The van der Waals surface area contributed by atoms with E-state index in [1.54, 1.807) is 6.20 Å². The fourth-order valence-electron chi connectivity index (χ4n) is 10.3. The van der Waals surface area contributed by atoms with Gasteiger partial charge in [0.15, 0.2) is 0 Å². The summed E-state index contributed by atoms with van der Waals surface area (Å²) in [7, 11) is 0. The number of hydrogen-bond acceptors (Lipinski definition) is 3. The second-order valence-corrected chi connectivity index (χ2v) is 20.4. The molecule has 1 aliphatic rings. The number of fused-ring (bicyclic) bond motifs is 4. The SMILES string of the molecule is [2H]C(C)(C)c1cc(-c2ccc(-c3ccc(C4([2H])CCC(C)(C)CC4)cc3)cc2)cc(C([2H])(C)C)c1-n1c(-c2[c-]ccc3c2oc2cc(-c4ccccc4)ccc23)nc2ccccc21.[Ir].[c-]1ccccc1-c1ccccn1. The van der Waals surface area contributed by atoms with E-state index in [4.69, 9.17) is 9.40 Å². The van der Waals surface area contributed by atoms with Crippen molar-refractivity contribution >= 4 is 33.0 Å². The Hall–Kier alpha value is -7.17. The third kappa shape index (κ3) is 10.1. The molecule has 0 aliphatic heterocycles. The van der Waals surface area contributed by atoms with Crippen molar-refractivity contribution in [2.45, 2.75) is 84.9 Å². The van der Waals surface area contributed by atoms with Gasteiger partial charge in [0.25, 0.3) is 0 Å². The van der Waals surface area contributed by atoms with Gasteiger partial charge in [-0.25, -0.2) is 0 Å². The zero-order valence-corrected chi connectivity index (χ0v) is 44.8. The molecular weight excluding hydrogens is 1070 g/mol. The third-order valence-corrected chi connectivity index (χ3v) is 14.4. The molecule has 5 heteroatoms. The number of benzene rings is 8. The first-order chi connectivity index (χ1) is 36.0. The molecule has 8 aromatic carbocycles. The first-order valence-electron chi connectivity index (χ1n) is 26.7. The van der Waals surface area contributed by atoms with Crippen molar-refractivity contribution in [3.8, 4) is 61.7 Å². The van der Waals surface area contributed by atoms with E-state index < -0.39 is 17.7 Å². The predicted molar refractivity (Wildman–Crippen MR) is 301 cm³/mol. The van der Waals surface area contributed by atoms with Crippen LogP contribution in [0.3, 0.4) is 0 Å². The monoisotopic (exact) mass is 1130 g/mol. The Labute approximate surface area is 448 Å². The van der Waals surface area contributed by atoms with E-state index in [0.29, 0.717) is 16.8 Å². The van der Waals surface area contributed by atoms with Crippen molar-refractivity contribution in [2.24, 2.45) is 5.41 Å². The number of rotatable bonds is 9. The number of imidazole rings is 1. The number of aromatic nitrogens is 3. The molecule has 3 aromatic heterocycles. The first kappa shape index (κ1) is 45.7. The van der Waals surface area contributed by atoms with Crippen LogP contribution in [0, 0.1) is 17.5 Å². The van der Waals surface area contributed by atoms with Crippen LogP contribution in [0.4, 0.5) is 0 Å². The molecule has 0 atom stereocenters. The van der Waals surface area contributed by atoms with Gasteiger partial charge in [-0.15, -0.1) is 54.1 Å². The first-order valence-corrected chi connectivity index (χ1v) is 25.2. The summed E-state index contributed by atoms with van der Waals surface area (Å²) >= 11 is 0. The number of para-hydroxylation sites is 2. The van der Waals surface area contributed by atoms with Gasteiger partial charge < -0.3 is 14.0 Å². The summed E-state index contributed by atoms with van der Waals surface area (Å²) in [6, 6.07) is 70.6. The van der Waals surface area contributed by atoms with Gasteiger partial charge in [-0.1, -0.05) is 168 Å². The molecule has 0 bridgehead atoms. The van der Waals surface area contributed by atoms with Gasteiger partial charge in [-0.2, -0.15) is 0 Å². The Kier molecular flexibility index (Phi) is 13.2. The second kappa shape index (κ2) is 21.1. The summed E-state index contributed by atoms with van der Waals surface area (Å²) in [5, 5.41) is 1.99. The quantitative estimate of drug-likeness (QED) is 0.135. The largest absolute Gasteiger partial charge is 0.501 e. The van der Waals surface area contributed by atoms with E-state index in [1.807, 2.05) is 113 Å². The van der Waals surface area contributed by atoms with Crippen molar-refractivity contribution in [3.05, 3.63) is 223 Å². The molecule has 0 saturated heterocycles. The van der Waals surface area contributed by atoms with Crippen molar-refractivity contribution in [2.75, 3.05) is 0 Å². The number of furan rings is 1. The molecular formula is C68H61IrN3O-2. The zero-order valence-electron chi connectivity index (χ0n) is 45.4. The van der Waals surface area contributed by atoms with Crippen LogP contribution in [0.2, 0.25) is 0 Å². The molecule has 1 aliphatic carbocycles. The summed E-state index contributed by atoms with van der Waals surface area (Å²) in [6.45, 7) is 12.3. The normalized spacial score (nSPS) is 14.9. The van der Waals surface area contributed by atoms with E-state index in [2.05, 4.69) is 139 Å². The summed E-state index contributed by atoms with van der Waals surface area (Å²) in [6.07, 6.45) is 5.73. The minimum Gasteiger partial charge on any atom is -0.501 e. The van der Waals surface area contributed by atoms with Crippen LogP contribution in [-0.4, -0.2) is 14.5 Å². The Morgan fingerprint density at radius 1 is 0.616 bits per heavy atom. The second-order valence-electron chi connectivity index (χ2n) is 20.4. The van der Waals surface area contributed by atoms with Gasteiger partial charge in [0.1, 0.15) is 5.58 Å². The van der Waals surface area contributed by atoms with Crippen molar-refractivity contribution < 1.29 is 28.6 Å². The standard InChI is InChI=1S/C57H53N2O.C11H8N.Ir/c1-36(2)49-33-45(42-25-23-40(24-26-42)39-19-21-41(22-20-39)43-29-31-57(5,6)32-30-43)34-50(37(3)4)54(49)59-52-18-11-10-17-51(52)58-56(59)48-16-12-15-47-46-28-27-44(35-53(46)60-55(47)48)38-13-8-7-9-14-38;1-2-6-10(7-3-1)11-8-4-5-9-12-11;/h7-15,17-28,33-37,43H,29-32H2,1-6H3;1-6,8-9H;/q2*-1;/i36D,37D,43D;;. The molecule has 365 valence electrons. The molecule has 73 heavy (non-hydrogen) atoms. The molecule has 0 amide bonds. The molecule has 0 N–H and O–H groups in total. The summed E-state index contributed by atoms with van der Waals surface area (Å²) in [5.74, 6) is -1.98. The minimum atomic E-state index is -1.05. The molecule has 1 fully saturated rings. The zero-order chi connectivity index (χ0) is 52.1. The van der Waals surface area contributed by atoms with Crippen LogP contribution >= 0.6 is 0 Å². The Balaban J connectivity index is 0.000000444. The van der Waals surface area contributed by atoms with Gasteiger partial charge in [0.05, 0.1) is 22.4 Å². The van der Waals surface area contributed by atoms with Crippen LogP contribution in [0.15, 0.2) is 199 Å². The summed E-state index contributed by atoms with van der Waals surface area (Å²) < 4.78 is 37.6. The van der Waals surface area contributed by atoms with Gasteiger partial charge in [0.2, 0.25) is 0 Å². The molecule has 3 heterocycles. The predicted octanol–water partition coefficient (Wildman–Crippen LogP) is 18.9. The van der Waals surface area contributed by atoms with E-state index in [9.17, 15) is 4.11 Å². The maximum absolute atomic E-state index is 9.69. The number of nitrogens with zero attached hydrogens (tertiary/aromatic N) is 3. The van der Waals surface area contributed by atoms with Crippen LogP contribution in [0.1, 0.15) is 106 Å². The van der Waals surface area contributed by atoms with Crippen LogP contribution in [-0.2, 0) is 20.1 Å². The van der Waals surface area contributed by atoms with E-state index in [0.717, 1.165) is 126 Å². The van der Waals surface area contributed by atoms with Crippen molar-refractivity contribution in [1.82, 2.24) is 14.5 Å². The van der Waals surface area contributed by atoms with Crippen LogP contribution in [0.25, 0.3) is 94.7 Å². The van der Waals surface area contributed by atoms with E-state index in [-0.39, 0.29) is 20.1 Å².